The molecule has 0 bridgehead atoms. The molecule has 3 aromatic rings. The lowest BCUT2D eigenvalue weighted by Gasteiger charge is -2.06. The van der Waals surface area contributed by atoms with Crippen LogP contribution in [0.25, 0.3) is 27.3 Å². The smallest absolute Gasteiger partial charge is 0.225 e. The Labute approximate surface area is 135 Å². The Bertz CT molecular complexity index is 879. The molecule has 2 aromatic heterocycles. The number of imidazole rings is 1. The van der Waals surface area contributed by atoms with Gasteiger partial charge in [-0.1, -0.05) is 6.07 Å². The predicted octanol–water partition coefficient (Wildman–Crippen LogP) is 4.10. The summed E-state index contributed by atoms with van der Waals surface area (Å²) in [5.41, 5.74) is 4.11. The van der Waals surface area contributed by atoms with Crippen LogP contribution in [0.2, 0.25) is 0 Å². The number of methoxy groups -OCH3 is 1. The van der Waals surface area contributed by atoms with Crippen LogP contribution in [0, 0.1) is 17.1 Å². The summed E-state index contributed by atoms with van der Waals surface area (Å²) >= 11 is 2.23. The van der Waals surface area contributed by atoms with Gasteiger partial charge in [0.1, 0.15) is 5.82 Å². The number of hydrogen-bond donors (Lipinski definition) is 1. The number of aryl methyl sites for hydroxylation is 1. The maximum absolute atomic E-state index is 7.14. The molecule has 1 N–H and O–H groups in total. The molecule has 21 heavy (non-hydrogen) atoms. The van der Waals surface area contributed by atoms with Crippen molar-refractivity contribution in [1.29, 1.82) is 0 Å². The van der Waals surface area contributed by atoms with Gasteiger partial charge in [-0.05, 0) is 47.2 Å². The second kappa shape index (κ2) is 5.33. The SMILES string of the molecule is [C-]#[N+]c1cc(C)c2nc(-c3c(I)ccnc3OC)[nH]c2c1. The van der Waals surface area contributed by atoms with Gasteiger partial charge in [-0.15, -0.1) is 0 Å². The third-order valence-electron chi connectivity index (χ3n) is 3.19. The number of nitrogens with one attached hydrogen (secondary N) is 1. The minimum Gasteiger partial charge on any atom is -0.480 e. The maximum atomic E-state index is 7.14. The Kier molecular flexibility index (Phi) is 3.51. The van der Waals surface area contributed by atoms with Crippen molar-refractivity contribution in [3.05, 3.63) is 44.9 Å². The van der Waals surface area contributed by atoms with Crippen LogP contribution in [0.15, 0.2) is 24.4 Å². The fourth-order valence-electron chi connectivity index (χ4n) is 2.24. The molecule has 104 valence electrons. The molecule has 0 aliphatic carbocycles. The van der Waals surface area contributed by atoms with Crippen LogP contribution in [0.1, 0.15) is 5.56 Å². The number of aromatic amines is 1. The van der Waals surface area contributed by atoms with E-state index in [9.17, 15) is 0 Å². The van der Waals surface area contributed by atoms with E-state index in [1.807, 2.05) is 25.1 Å². The van der Waals surface area contributed by atoms with Crippen LogP contribution < -0.4 is 4.74 Å². The molecule has 0 atom stereocenters. The van der Waals surface area contributed by atoms with Gasteiger partial charge in [0.25, 0.3) is 0 Å². The molecule has 2 heterocycles. The van der Waals surface area contributed by atoms with E-state index >= 15 is 0 Å². The molecule has 0 aliphatic rings. The number of fused-ring (bicyclic) bond motifs is 1. The average molecular weight is 390 g/mol. The predicted molar refractivity (Wildman–Crippen MR) is 89.6 cm³/mol. The van der Waals surface area contributed by atoms with Crippen molar-refractivity contribution < 1.29 is 4.74 Å². The zero-order valence-corrected chi connectivity index (χ0v) is 13.6. The Morgan fingerprint density at radius 1 is 1.38 bits per heavy atom. The number of nitrogens with zero attached hydrogens (tertiary/aromatic N) is 3. The number of halogens is 1. The highest BCUT2D eigenvalue weighted by atomic mass is 127. The first-order chi connectivity index (χ1) is 10.1. The first kappa shape index (κ1) is 13.8. The number of hydrogen-bond acceptors (Lipinski definition) is 3. The molecular weight excluding hydrogens is 379 g/mol. The number of aromatic nitrogens is 3. The molecule has 0 amide bonds. The quantitative estimate of drug-likeness (QED) is 0.530. The summed E-state index contributed by atoms with van der Waals surface area (Å²) in [5.74, 6) is 1.23. The Morgan fingerprint density at radius 2 is 2.19 bits per heavy atom. The lowest BCUT2D eigenvalue weighted by atomic mass is 10.2. The molecule has 5 nitrogen and oxygen atoms in total. The van der Waals surface area contributed by atoms with Crippen molar-refractivity contribution in [2.45, 2.75) is 6.92 Å². The highest BCUT2D eigenvalue weighted by molar-refractivity contribution is 14.1. The fraction of sp³-hybridized carbons (Fsp3) is 0.133. The summed E-state index contributed by atoms with van der Waals surface area (Å²) in [4.78, 5) is 15.6. The van der Waals surface area contributed by atoms with E-state index in [-0.39, 0.29) is 0 Å². The van der Waals surface area contributed by atoms with E-state index < -0.39 is 0 Å². The van der Waals surface area contributed by atoms with Crippen LogP contribution in [0.5, 0.6) is 5.88 Å². The van der Waals surface area contributed by atoms with E-state index in [0.717, 1.165) is 25.7 Å². The van der Waals surface area contributed by atoms with E-state index in [1.54, 1.807) is 13.3 Å². The molecule has 1 aromatic carbocycles. The molecular formula is C15H11IN4O. The fourth-order valence-corrected chi connectivity index (χ4v) is 2.89. The number of benzene rings is 1. The largest absolute Gasteiger partial charge is 0.480 e. The zero-order valence-electron chi connectivity index (χ0n) is 11.4. The van der Waals surface area contributed by atoms with Crippen molar-refractivity contribution in [3.63, 3.8) is 0 Å². The molecule has 0 saturated heterocycles. The zero-order chi connectivity index (χ0) is 15.0. The van der Waals surface area contributed by atoms with Gasteiger partial charge in [-0.2, -0.15) is 0 Å². The summed E-state index contributed by atoms with van der Waals surface area (Å²) in [6, 6.07) is 5.55. The normalized spacial score (nSPS) is 10.6. The first-order valence-corrected chi connectivity index (χ1v) is 7.28. The standard InChI is InChI=1S/C15H11IN4O/c1-8-6-9(17-2)7-11-13(8)20-14(19-11)12-10(16)4-5-18-15(12)21-3/h4-7H,1,3H3,(H,19,20). The van der Waals surface area contributed by atoms with E-state index in [4.69, 9.17) is 11.3 Å². The van der Waals surface area contributed by atoms with Gasteiger partial charge in [0, 0.05) is 9.77 Å². The number of H-pyrrole nitrogens is 1. The van der Waals surface area contributed by atoms with Gasteiger partial charge in [0.15, 0.2) is 5.69 Å². The second-order valence-corrected chi connectivity index (χ2v) is 5.70. The van der Waals surface area contributed by atoms with Crippen molar-refractivity contribution in [2.24, 2.45) is 0 Å². The summed E-state index contributed by atoms with van der Waals surface area (Å²) in [6.07, 6.45) is 1.70. The van der Waals surface area contributed by atoms with E-state index in [2.05, 4.69) is 42.4 Å². The Hall–Kier alpha value is -2.14. The van der Waals surface area contributed by atoms with Gasteiger partial charge in [0.05, 0.1) is 30.3 Å². The molecule has 0 fully saturated rings. The van der Waals surface area contributed by atoms with Gasteiger partial charge < -0.3 is 9.72 Å². The molecule has 0 spiro atoms. The topological polar surface area (TPSA) is 55.2 Å². The molecule has 6 heteroatoms. The average Bonchev–Trinajstić information content (AvgIpc) is 2.90. The minimum atomic E-state index is 0.531. The van der Waals surface area contributed by atoms with Crippen LogP contribution in [0.3, 0.4) is 0 Å². The van der Waals surface area contributed by atoms with Crippen LogP contribution in [-0.4, -0.2) is 22.1 Å². The Balaban J connectivity index is 2.28. The molecule has 3 rings (SSSR count). The number of pyridine rings is 1. The highest BCUT2D eigenvalue weighted by Crippen LogP contribution is 2.33. The summed E-state index contributed by atoms with van der Waals surface area (Å²) in [5, 5.41) is 0. The molecule has 0 aliphatic heterocycles. The van der Waals surface area contributed by atoms with Crippen LogP contribution in [0.4, 0.5) is 5.69 Å². The molecule has 0 saturated carbocycles. The highest BCUT2D eigenvalue weighted by Gasteiger charge is 2.16. The van der Waals surface area contributed by atoms with Gasteiger partial charge in [0.2, 0.25) is 5.88 Å². The number of ether oxygens (including phenoxy) is 1. The van der Waals surface area contributed by atoms with Gasteiger partial charge >= 0.3 is 0 Å². The Morgan fingerprint density at radius 3 is 2.90 bits per heavy atom. The summed E-state index contributed by atoms with van der Waals surface area (Å²) in [6.45, 7) is 9.10. The summed E-state index contributed by atoms with van der Waals surface area (Å²) in [7, 11) is 1.59. The van der Waals surface area contributed by atoms with Crippen molar-refractivity contribution in [1.82, 2.24) is 15.0 Å². The van der Waals surface area contributed by atoms with Gasteiger partial charge in [-0.25, -0.2) is 14.8 Å². The summed E-state index contributed by atoms with van der Waals surface area (Å²) < 4.78 is 6.33. The van der Waals surface area contributed by atoms with Crippen molar-refractivity contribution in [3.8, 4) is 17.3 Å². The van der Waals surface area contributed by atoms with Gasteiger partial charge in [-0.3, -0.25) is 0 Å². The minimum absolute atomic E-state index is 0.531. The monoisotopic (exact) mass is 390 g/mol. The van der Waals surface area contributed by atoms with Crippen molar-refractivity contribution >= 4 is 39.3 Å². The lowest BCUT2D eigenvalue weighted by molar-refractivity contribution is 0.399. The number of rotatable bonds is 2. The van der Waals surface area contributed by atoms with E-state index in [0.29, 0.717) is 17.4 Å². The lowest BCUT2D eigenvalue weighted by Crippen LogP contribution is -1.95. The maximum Gasteiger partial charge on any atom is 0.225 e. The van der Waals surface area contributed by atoms with Crippen molar-refractivity contribution in [2.75, 3.05) is 7.11 Å². The molecule has 0 radical (unpaired) electrons. The van der Waals surface area contributed by atoms with E-state index in [1.165, 1.54) is 0 Å². The first-order valence-electron chi connectivity index (χ1n) is 6.20. The third-order valence-corrected chi connectivity index (χ3v) is 4.09. The van der Waals surface area contributed by atoms with Crippen LogP contribution in [-0.2, 0) is 0 Å². The third kappa shape index (κ3) is 2.34. The molecule has 0 unspecified atom stereocenters. The van der Waals surface area contributed by atoms with Crippen LogP contribution >= 0.6 is 22.6 Å². The second-order valence-electron chi connectivity index (χ2n) is 4.53.